The molecule has 0 bridgehead atoms. The second-order valence-electron chi connectivity index (χ2n) is 7.45. The van der Waals surface area contributed by atoms with Crippen molar-refractivity contribution in [3.05, 3.63) is 64.4 Å². The van der Waals surface area contributed by atoms with Crippen LogP contribution < -0.4 is 14.8 Å². The minimum Gasteiger partial charge on any atom is -0.325 e. The fourth-order valence-corrected chi connectivity index (χ4v) is 6.40. The molecule has 1 amide bonds. The average molecular weight is 484 g/mol. The molecule has 0 spiro atoms. The number of nitrogens with zero attached hydrogens (tertiary/aromatic N) is 2. The number of thiazole rings is 1. The van der Waals surface area contributed by atoms with Gasteiger partial charge in [0.2, 0.25) is 5.91 Å². The van der Waals surface area contributed by atoms with Gasteiger partial charge >= 0.3 is 0 Å². The lowest BCUT2D eigenvalue weighted by Crippen LogP contribution is -2.52. The molecular weight excluding hydrogens is 464 g/mol. The predicted octanol–water partition coefficient (Wildman–Crippen LogP) is 4.66. The third kappa shape index (κ3) is 5.21. The van der Waals surface area contributed by atoms with E-state index in [0.29, 0.717) is 17.8 Å². The number of hydrogen-bond acceptors (Lipinski definition) is 6. The van der Waals surface area contributed by atoms with Crippen LogP contribution in [0, 0.1) is 11.6 Å². The smallest absolute Gasteiger partial charge is 0.242 e. The Labute approximate surface area is 189 Å². The van der Waals surface area contributed by atoms with Crippen molar-refractivity contribution in [2.24, 2.45) is 0 Å². The van der Waals surface area contributed by atoms with Crippen LogP contribution in [-0.4, -0.2) is 34.4 Å². The van der Waals surface area contributed by atoms with Crippen LogP contribution in [-0.2, 0) is 4.79 Å². The van der Waals surface area contributed by atoms with E-state index < -0.39 is 28.1 Å². The van der Waals surface area contributed by atoms with Crippen molar-refractivity contribution in [3.63, 3.8) is 0 Å². The second kappa shape index (κ2) is 8.79. The van der Waals surface area contributed by atoms with Gasteiger partial charge in [-0.25, -0.2) is 13.8 Å². The van der Waals surface area contributed by atoms with E-state index in [2.05, 4.69) is 24.7 Å². The summed E-state index contributed by atoms with van der Waals surface area (Å²) in [5.74, 6) is -1.16. The minimum atomic E-state index is -1.49. The fourth-order valence-electron chi connectivity index (χ4n) is 3.28. The number of hydrogen-bond donors (Lipinski definition) is 3. The van der Waals surface area contributed by atoms with E-state index in [1.807, 2.05) is 12.5 Å². The molecule has 1 fully saturated rings. The molecule has 2 atom stereocenters. The molecule has 0 radical (unpaired) electrons. The summed E-state index contributed by atoms with van der Waals surface area (Å²) in [5.41, 5.74) is 1.08. The maximum atomic E-state index is 13.4. The van der Waals surface area contributed by atoms with Gasteiger partial charge in [-0.15, -0.1) is 21.7 Å². The lowest BCUT2D eigenvalue weighted by molar-refractivity contribution is -0.118. The van der Waals surface area contributed by atoms with Crippen LogP contribution in [0.2, 0.25) is 5.02 Å². The summed E-state index contributed by atoms with van der Waals surface area (Å²) in [6.45, 7) is 0. The van der Waals surface area contributed by atoms with Crippen molar-refractivity contribution in [2.75, 3.05) is 17.8 Å². The van der Waals surface area contributed by atoms with Crippen LogP contribution >= 0.6 is 33.3 Å². The first-order valence-electron chi connectivity index (χ1n) is 9.31. The Kier molecular flexibility index (Phi) is 6.27. The van der Waals surface area contributed by atoms with Crippen molar-refractivity contribution in [1.82, 2.24) is 19.4 Å². The first-order chi connectivity index (χ1) is 14.7. The quantitative estimate of drug-likeness (QED) is 0.503. The molecule has 3 heterocycles. The molecule has 6 nitrogen and oxygen atoms in total. The van der Waals surface area contributed by atoms with Crippen molar-refractivity contribution >= 4 is 44.9 Å². The molecule has 2 aromatic heterocycles. The summed E-state index contributed by atoms with van der Waals surface area (Å²) in [6.07, 6.45) is 7.39. The molecule has 0 saturated carbocycles. The Morgan fingerprint density at radius 1 is 1.19 bits per heavy atom. The van der Waals surface area contributed by atoms with Gasteiger partial charge in [-0.05, 0) is 49.3 Å². The first kappa shape index (κ1) is 22.1. The number of anilines is 1. The average Bonchev–Trinajstić information content (AvgIpc) is 3.20. The number of benzene rings is 1. The normalized spacial score (nSPS) is 21.5. The number of aromatic nitrogens is 2. The minimum absolute atomic E-state index is 0.0513. The highest BCUT2D eigenvalue weighted by Gasteiger charge is 2.35. The summed E-state index contributed by atoms with van der Waals surface area (Å²) in [5, 5.41) is 3.57. The number of carbonyl (C=O) groups is 1. The molecule has 31 heavy (non-hydrogen) atoms. The molecule has 1 aliphatic rings. The first-order valence-corrected chi connectivity index (χ1v) is 13.0. The van der Waals surface area contributed by atoms with Crippen molar-refractivity contribution in [3.8, 4) is 10.6 Å². The molecule has 1 aliphatic heterocycles. The summed E-state index contributed by atoms with van der Waals surface area (Å²) >= 11 is 7.27. The van der Waals surface area contributed by atoms with E-state index in [1.165, 1.54) is 41.8 Å². The van der Waals surface area contributed by atoms with E-state index in [4.69, 9.17) is 11.6 Å². The Hall–Kier alpha value is -2.11. The maximum absolute atomic E-state index is 13.4. The van der Waals surface area contributed by atoms with Crippen LogP contribution in [0.25, 0.3) is 10.6 Å². The van der Waals surface area contributed by atoms with Gasteiger partial charge in [0.1, 0.15) is 16.6 Å². The van der Waals surface area contributed by atoms with Gasteiger partial charge in [-0.3, -0.25) is 19.2 Å². The largest absolute Gasteiger partial charge is 0.325 e. The van der Waals surface area contributed by atoms with Crippen molar-refractivity contribution in [2.45, 2.75) is 18.5 Å². The molecule has 1 saturated heterocycles. The molecular formula is C20H20ClF2N5OS2. The molecule has 2 unspecified atom stereocenters. The maximum Gasteiger partial charge on any atom is 0.242 e. The zero-order chi connectivity index (χ0) is 22.2. The standard InChI is InChI=1S/C20H20ClF2N5OS2/c1-31(2)27-16(19(29)26-12-4-5-14(23)13(21)7-12)8-17(28-31)20-25-10-18(30-20)15-6-3-11(22)9-24-15/h3-7,9-10,16-17,27-28H,8H2,1-2H3,(H,26,29). The Balaban J connectivity index is 1.51. The third-order valence-corrected chi connectivity index (χ3v) is 7.82. The Bertz CT molecular complexity index is 1110. The molecule has 3 aromatic rings. The molecule has 0 aliphatic carbocycles. The monoisotopic (exact) mass is 483 g/mol. The van der Waals surface area contributed by atoms with Crippen LogP contribution in [0.15, 0.2) is 42.7 Å². The number of halogens is 3. The molecule has 3 N–H and O–H groups in total. The lowest BCUT2D eigenvalue weighted by atomic mass is 10.1. The lowest BCUT2D eigenvalue weighted by Gasteiger charge is -2.45. The van der Waals surface area contributed by atoms with Gasteiger partial charge in [0.25, 0.3) is 0 Å². The van der Waals surface area contributed by atoms with Crippen molar-refractivity contribution in [1.29, 1.82) is 0 Å². The number of rotatable bonds is 4. The predicted molar refractivity (Wildman–Crippen MR) is 122 cm³/mol. The number of nitrogens with one attached hydrogen (secondary N) is 3. The van der Waals surface area contributed by atoms with Gasteiger partial charge in [0.15, 0.2) is 0 Å². The number of carbonyl (C=O) groups excluding carboxylic acids is 1. The zero-order valence-corrected chi connectivity index (χ0v) is 19.0. The topological polar surface area (TPSA) is 78.9 Å². The van der Waals surface area contributed by atoms with Gasteiger partial charge < -0.3 is 5.32 Å². The van der Waals surface area contributed by atoms with Gasteiger partial charge in [0, 0.05) is 11.9 Å². The molecule has 4 rings (SSSR count). The third-order valence-electron chi connectivity index (χ3n) is 4.65. The molecule has 11 heteroatoms. The highest BCUT2D eigenvalue weighted by Crippen LogP contribution is 2.42. The van der Waals surface area contributed by atoms with Crippen molar-refractivity contribution < 1.29 is 13.6 Å². The van der Waals surface area contributed by atoms with Gasteiger partial charge in [0.05, 0.1) is 33.9 Å². The summed E-state index contributed by atoms with van der Waals surface area (Å²) < 4.78 is 33.4. The number of amides is 1. The highest BCUT2D eigenvalue weighted by molar-refractivity contribution is 8.29. The Morgan fingerprint density at radius 2 is 2.00 bits per heavy atom. The summed E-state index contributed by atoms with van der Waals surface area (Å²) in [6, 6.07) is 6.43. The van der Waals surface area contributed by atoms with Gasteiger partial charge in [-0.2, -0.15) is 0 Å². The zero-order valence-electron chi connectivity index (χ0n) is 16.7. The van der Waals surface area contributed by atoms with Crippen LogP contribution in [0.4, 0.5) is 14.5 Å². The molecule has 164 valence electrons. The summed E-state index contributed by atoms with van der Waals surface area (Å²) in [4.78, 5) is 22.3. The van der Waals surface area contributed by atoms with E-state index in [1.54, 1.807) is 12.3 Å². The molecule has 1 aromatic carbocycles. The number of pyridine rings is 1. The van der Waals surface area contributed by atoms with Crippen LogP contribution in [0.3, 0.4) is 0 Å². The Morgan fingerprint density at radius 3 is 2.71 bits per heavy atom. The van der Waals surface area contributed by atoms with E-state index >= 15 is 0 Å². The highest BCUT2D eigenvalue weighted by atomic mass is 35.5. The summed E-state index contributed by atoms with van der Waals surface area (Å²) in [7, 11) is -1.49. The SMILES string of the molecule is CS1(C)NC(C(=O)Nc2ccc(F)c(Cl)c2)CC(c2ncc(-c3ccc(F)cn3)s2)N1. The second-order valence-corrected chi connectivity index (χ2v) is 12.0. The van der Waals surface area contributed by atoms with E-state index in [9.17, 15) is 13.6 Å². The van der Waals surface area contributed by atoms with Gasteiger partial charge in [-0.1, -0.05) is 11.6 Å². The van der Waals surface area contributed by atoms with E-state index in [0.717, 1.165) is 9.88 Å². The van der Waals surface area contributed by atoms with Crippen LogP contribution in [0.5, 0.6) is 0 Å². The van der Waals surface area contributed by atoms with Crippen LogP contribution in [0.1, 0.15) is 17.5 Å². The van der Waals surface area contributed by atoms with E-state index in [-0.39, 0.29) is 17.0 Å². The fraction of sp³-hybridized carbons (Fsp3) is 0.250.